The van der Waals surface area contributed by atoms with E-state index in [4.69, 9.17) is 16.3 Å². The summed E-state index contributed by atoms with van der Waals surface area (Å²) in [6.45, 7) is 5.28. The number of nitrogens with one attached hydrogen (secondary N) is 1. The molecule has 0 fully saturated rings. The smallest absolute Gasteiger partial charge is 0.325 e. The Labute approximate surface area is 112 Å². The first-order chi connectivity index (χ1) is 8.51. The van der Waals surface area contributed by atoms with Crippen molar-refractivity contribution in [3.63, 3.8) is 0 Å². The molecule has 1 N–H and O–H groups in total. The molecule has 0 aliphatic heterocycles. The molecule has 0 bridgehead atoms. The number of carbonyl (C=O) groups excluding carboxylic acids is 1. The van der Waals surface area contributed by atoms with Crippen LogP contribution in [0.4, 0.5) is 0 Å². The molecule has 0 aromatic carbocycles. The lowest BCUT2D eigenvalue weighted by Gasteiger charge is -2.27. The lowest BCUT2D eigenvalue weighted by Crippen LogP contribution is -2.51. The predicted molar refractivity (Wildman–Crippen MR) is 70.6 cm³/mol. The molecule has 0 amide bonds. The number of ether oxygens (including phenoxy) is 1. The molecule has 0 aliphatic rings. The summed E-state index contributed by atoms with van der Waals surface area (Å²) in [5.74, 6) is -0.255. The number of hydrogen-bond donors (Lipinski definition) is 1. The molecule has 0 saturated carbocycles. The van der Waals surface area contributed by atoms with Crippen LogP contribution in [0.3, 0.4) is 0 Å². The maximum atomic E-state index is 11.8. The number of hydrogen-bond acceptors (Lipinski definition) is 4. The largest absolute Gasteiger partial charge is 0.468 e. The Kier molecular flexibility index (Phi) is 5.62. The summed E-state index contributed by atoms with van der Waals surface area (Å²) in [7, 11) is 1.40. The second kappa shape index (κ2) is 6.75. The van der Waals surface area contributed by atoms with Gasteiger partial charge in [-0.2, -0.15) is 5.10 Å². The maximum absolute atomic E-state index is 11.8. The van der Waals surface area contributed by atoms with Gasteiger partial charge in [-0.25, -0.2) is 0 Å². The van der Waals surface area contributed by atoms with Crippen LogP contribution in [0.25, 0.3) is 0 Å². The van der Waals surface area contributed by atoms with Crippen LogP contribution in [0.15, 0.2) is 12.4 Å². The average molecular weight is 274 g/mol. The second-order valence-corrected chi connectivity index (χ2v) is 4.86. The lowest BCUT2D eigenvalue weighted by molar-refractivity contribution is -0.148. The molecular weight excluding hydrogens is 254 g/mol. The molecule has 1 rings (SSSR count). The van der Waals surface area contributed by atoms with E-state index in [-0.39, 0.29) is 5.97 Å². The minimum absolute atomic E-state index is 0.255. The number of rotatable bonds is 7. The molecule has 1 aromatic rings. The summed E-state index contributed by atoms with van der Waals surface area (Å²) in [4.78, 5) is 11.8. The Morgan fingerprint density at radius 2 is 2.39 bits per heavy atom. The molecular formula is C12H20ClN3O2. The number of nitrogens with zero attached hydrogens (tertiary/aromatic N) is 2. The van der Waals surface area contributed by atoms with Gasteiger partial charge < -0.3 is 10.1 Å². The van der Waals surface area contributed by atoms with Crippen LogP contribution >= 0.6 is 11.6 Å². The van der Waals surface area contributed by atoms with E-state index in [0.29, 0.717) is 18.0 Å². The van der Waals surface area contributed by atoms with Gasteiger partial charge in [0.25, 0.3) is 0 Å². The van der Waals surface area contributed by atoms with Crippen LogP contribution in [0.5, 0.6) is 0 Å². The predicted octanol–water partition coefficient (Wildman–Crippen LogP) is 1.86. The van der Waals surface area contributed by atoms with E-state index in [1.165, 1.54) is 7.11 Å². The Bertz CT molecular complexity index is 394. The van der Waals surface area contributed by atoms with Crippen molar-refractivity contribution in [3.8, 4) is 0 Å². The van der Waals surface area contributed by atoms with E-state index in [1.807, 2.05) is 6.92 Å². The van der Waals surface area contributed by atoms with Crippen LogP contribution in [0.1, 0.15) is 26.7 Å². The number of aromatic nitrogens is 2. The van der Waals surface area contributed by atoms with E-state index in [9.17, 15) is 4.79 Å². The lowest BCUT2D eigenvalue weighted by atomic mass is 9.97. The molecule has 102 valence electrons. The van der Waals surface area contributed by atoms with Crippen molar-refractivity contribution < 1.29 is 9.53 Å². The van der Waals surface area contributed by atoms with Gasteiger partial charge in [-0.3, -0.25) is 9.48 Å². The Hall–Kier alpha value is -1.07. The first-order valence-electron chi connectivity index (χ1n) is 6.03. The third kappa shape index (κ3) is 3.99. The van der Waals surface area contributed by atoms with Gasteiger partial charge in [-0.1, -0.05) is 18.5 Å². The molecule has 0 radical (unpaired) electrons. The monoisotopic (exact) mass is 273 g/mol. The van der Waals surface area contributed by atoms with Gasteiger partial charge in [0.05, 0.1) is 18.3 Å². The molecule has 1 atom stereocenters. The average Bonchev–Trinajstić information content (AvgIpc) is 2.78. The van der Waals surface area contributed by atoms with E-state index < -0.39 is 5.54 Å². The number of carbonyl (C=O) groups is 1. The zero-order valence-corrected chi connectivity index (χ0v) is 11.8. The third-order valence-electron chi connectivity index (χ3n) is 2.84. The van der Waals surface area contributed by atoms with Crippen molar-refractivity contribution in [2.75, 3.05) is 13.7 Å². The van der Waals surface area contributed by atoms with Crippen molar-refractivity contribution in [1.82, 2.24) is 15.1 Å². The Morgan fingerprint density at radius 1 is 1.67 bits per heavy atom. The molecule has 5 nitrogen and oxygen atoms in total. The SMILES string of the molecule is CCCNC(C)(CCn1cc(Cl)cn1)C(=O)OC. The highest BCUT2D eigenvalue weighted by Gasteiger charge is 2.33. The van der Waals surface area contributed by atoms with E-state index in [2.05, 4.69) is 17.3 Å². The van der Waals surface area contributed by atoms with E-state index in [1.54, 1.807) is 17.1 Å². The highest BCUT2D eigenvalue weighted by Crippen LogP contribution is 2.14. The Balaban J connectivity index is 2.63. The zero-order chi connectivity index (χ0) is 13.6. The molecule has 6 heteroatoms. The molecule has 0 spiro atoms. The molecule has 18 heavy (non-hydrogen) atoms. The summed E-state index contributed by atoms with van der Waals surface area (Å²) < 4.78 is 6.57. The fourth-order valence-electron chi connectivity index (χ4n) is 1.69. The first kappa shape index (κ1) is 15.0. The quantitative estimate of drug-likeness (QED) is 0.771. The van der Waals surface area contributed by atoms with Gasteiger partial charge in [0.1, 0.15) is 5.54 Å². The van der Waals surface area contributed by atoms with Crippen molar-refractivity contribution >= 4 is 17.6 Å². The van der Waals surface area contributed by atoms with E-state index >= 15 is 0 Å². The van der Waals surface area contributed by atoms with Gasteiger partial charge in [0.15, 0.2) is 0 Å². The summed E-state index contributed by atoms with van der Waals surface area (Å²) >= 11 is 5.79. The normalized spacial score (nSPS) is 14.2. The van der Waals surface area contributed by atoms with E-state index in [0.717, 1.165) is 13.0 Å². The number of halogens is 1. The van der Waals surface area contributed by atoms with Gasteiger partial charge in [0, 0.05) is 12.7 Å². The third-order valence-corrected chi connectivity index (χ3v) is 3.04. The van der Waals surface area contributed by atoms with Crippen LogP contribution in [-0.4, -0.2) is 34.9 Å². The second-order valence-electron chi connectivity index (χ2n) is 4.42. The van der Waals surface area contributed by atoms with Crippen LogP contribution in [0.2, 0.25) is 5.02 Å². The Morgan fingerprint density at radius 3 is 2.89 bits per heavy atom. The standard InChI is InChI=1S/C12H20ClN3O2/c1-4-6-14-12(2,11(17)18-3)5-7-16-9-10(13)8-15-16/h8-9,14H,4-7H2,1-3H3. The van der Waals surface area contributed by atoms with Crippen molar-refractivity contribution in [2.45, 2.75) is 38.8 Å². The molecule has 0 saturated heterocycles. The highest BCUT2D eigenvalue weighted by atomic mass is 35.5. The minimum Gasteiger partial charge on any atom is -0.468 e. The van der Waals surface area contributed by atoms with Gasteiger partial charge in [-0.15, -0.1) is 0 Å². The maximum Gasteiger partial charge on any atom is 0.325 e. The number of methoxy groups -OCH3 is 1. The molecule has 1 aromatic heterocycles. The highest BCUT2D eigenvalue weighted by molar-refractivity contribution is 6.30. The number of esters is 1. The molecule has 1 unspecified atom stereocenters. The zero-order valence-electron chi connectivity index (χ0n) is 11.1. The minimum atomic E-state index is -0.691. The summed E-state index contributed by atoms with van der Waals surface area (Å²) in [5.41, 5.74) is -0.691. The van der Waals surface area contributed by atoms with Crippen LogP contribution in [-0.2, 0) is 16.1 Å². The molecule has 1 heterocycles. The fraction of sp³-hybridized carbons (Fsp3) is 0.667. The van der Waals surface area contributed by atoms with Crippen molar-refractivity contribution in [1.29, 1.82) is 0 Å². The van der Waals surface area contributed by atoms with Gasteiger partial charge >= 0.3 is 5.97 Å². The summed E-state index contributed by atoms with van der Waals surface area (Å²) in [5, 5.41) is 7.91. The fourth-order valence-corrected chi connectivity index (χ4v) is 1.84. The molecule has 0 aliphatic carbocycles. The van der Waals surface area contributed by atoms with Crippen LogP contribution in [0, 0.1) is 0 Å². The number of aryl methyl sites for hydroxylation is 1. The summed E-state index contributed by atoms with van der Waals surface area (Å²) in [6, 6.07) is 0. The van der Waals surface area contributed by atoms with Crippen LogP contribution < -0.4 is 5.32 Å². The van der Waals surface area contributed by atoms with Gasteiger partial charge in [0.2, 0.25) is 0 Å². The first-order valence-corrected chi connectivity index (χ1v) is 6.41. The van der Waals surface area contributed by atoms with Crippen molar-refractivity contribution in [2.24, 2.45) is 0 Å². The summed E-state index contributed by atoms with van der Waals surface area (Å²) in [6.07, 6.45) is 4.87. The van der Waals surface area contributed by atoms with Gasteiger partial charge in [-0.05, 0) is 26.3 Å². The topological polar surface area (TPSA) is 56.2 Å². The van der Waals surface area contributed by atoms with Crippen molar-refractivity contribution in [3.05, 3.63) is 17.4 Å².